The molecular weight excluding hydrogens is 266 g/mol. The molecule has 0 aliphatic carbocycles. The van der Waals surface area contributed by atoms with Gasteiger partial charge in [0.15, 0.2) is 0 Å². The van der Waals surface area contributed by atoms with Crippen LogP contribution in [0, 0.1) is 0 Å². The minimum absolute atomic E-state index is 0.0445. The summed E-state index contributed by atoms with van der Waals surface area (Å²) >= 11 is 1.39. The van der Waals surface area contributed by atoms with Gasteiger partial charge in [0.1, 0.15) is 11.6 Å². The Kier molecular flexibility index (Phi) is 5.98. The predicted molar refractivity (Wildman–Crippen MR) is 74.9 cm³/mol. The van der Waals surface area contributed by atoms with Crippen molar-refractivity contribution in [1.29, 1.82) is 0 Å². The number of carbonyl (C=O) groups is 2. The lowest BCUT2D eigenvalue weighted by molar-refractivity contribution is -0.119. The van der Waals surface area contributed by atoms with E-state index in [1.54, 1.807) is 13.0 Å². The maximum absolute atomic E-state index is 11.8. The number of anilines is 1. The number of carbonyl (C=O) groups excluding carboxylic acids is 2. The molecule has 1 aromatic rings. The molecule has 0 saturated heterocycles. The van der Waals surface area contributed by atoms with E-state index in [1.807, 2.05) is 13.8 Å². The molecule has 0 aliphatic rings. The zero-order valence-electron chi connectivity index (χ0n) is 11.6. The van der Waals surface area contributed by atoms with Crippen molar-refractivity contribution in [2.45, 2.75) is 26.7 Å². The van der Waals surface area contributed by atoms with Crippen LogP contribution in [0.3, 0.4) is 0 Å². The van der Waals surface area contributed by atoms with Gasteiger partial charge in [-0.1, -0.05) is 13.8 Å². The van der Waals surface area contributed by atoms with E-state index in [0.29, 0.717) is 17.2 Å². The highest BCUT2D eigenvalue weighted by atomic mass is 32.1. The van der Waals surface area contributed by atoms with E-state index in [-0.39, 0.29) is 18.4 Å². The summed E-state index contributed by atoms with van der Waals surface area (Å²) in [7, 11) is 1.44. The van der Waals surface area contributed by atoms with E-state index >= 15 is 0 Å². The Morgan fingerprint density at radius 2 is 2.11 bits per heavy atom. The molecule has 0 unspecified atom stereocenters. The van der Waals surface area contributed by atoms with E-state index < -0.39 is 5.97 Å². The number of thiophene rings is 1. The molecule has 1 rings (SSSR count). The second-order valence-electron chi connectivity index (χ2n) is 4.25. The van der Waals surface area contributed by atoms with Crippen LogP contribution in [0.5, 0.6) is 0 Å². The third-order valence-electron chi connectivity index (χ3n) is 2.34. The van der Waals surface area contributed by atoms with Crippen molar-refractivity contribution < 1.29 is 19.1 Å². The minimum atomic E-state index is -0.418. The minimum Gasteiger partial charge on any atom is -0.462 e. The summed E-state index contributed by atoms with van der Waals surface area (Å²) in [6.07, 6.45) is 0. The number of hydrogen-bond acceptors (Lipinski definition) is 5. The first-order valence-corrected chi connectivity index (χ1v) is 6.90. The molecule has 106 valence electrons. The third-order valence-corrected chi connectivity index (χ3v) is 3.69. The van der Waals surface area contributed by atoms with Crippen molar-refractivity contribution >= 4 is 28.2 Å². The van der Waals surface area contributed by atoms with Crippen LogP contribution in [-0.4, -0.2) is 32.2 Å². The summed E-state index contributed by atoms with van der Waals surface area (Å²) in [5.41, 5.74) is 0.403. The van der Waals surface area contributed by atoms with Crippen molar-refractivity contribution in [1.82, 2.24) is 0 Å². The van der Waals surface area contributed by atoms with E-state index in [1.165, 1.54) is 18.4 Å². The lowest BCUT2D eigenvalue weighted by Gasteiger charge is -2.05. The number of esters is 1. The zero-order valence-corrected chi connectivity index (χ0v) is 12.4. The standard InChI is InChI=1S/C13H19NO4S/c1-5-18-13(16)9-6-10(8(2)3)19-12(9)14-11(15)7-17-4/h6,8H,5,7H2,1-4H3,(H,14,15). The monoisotopic (exact) mass is 285 g/mol. The number of ether oxygens (including phenoxy) is 2. The quantitative estimate of drug-likeness (QED) is 0.816. The Morgan fingerprint density at radius 3 is 2.63 bits per heavy atom. The fourth-order valence-electron chi connectivity index (χ4n) is 1.44. The number of methoxy groups -OCH3 is 1. The Bertz CT molecular complexity index is 453. The van der Waals surface area contributed by atoms with Gasteiger partial charge in [0.25, 0.3) is 5.91 Å². The first-order chi connectivity index (χ1) is 8.99. The third kappa shape index (κ3) is 4.33. The van der Waals surface area contributed by atoms with Gasteiger partial charge in [0.05, 0.1) is 12.2 Å². The summed E-state index contributed by atoms with van der Waals surface area (Å²) < 4.78 is 9.74. The number of rotatable bonds is 6. The first kappa shape index (κ1) is 15.7. The highest BCUT2D eigenvalue weighted by molar-refractivity contribution is 7.16. The van der Waals surface area contributed by atoms with Crippen LogP contribution in [0.2, 0.25) is 0 Å². The van der Waals surface area contributed by atoms with Crippen molar-refractivity contribution in [2.75, 3.05) is 25.6 Å². The molecule has 0 saturated carbocycles. The molecule has 19 heavy (non-hydrogen) atoms. The maximum atomic E-state index is 11.8. The summed E-state index contributed by atoms with van der Waals surface area (Å²) in [6.45, 7) is 6.06. The van der Waals surface area contributed by atoms with E-state index in [0.717, 1.165) is 4.88 Å². The molecule has 0 radical (unpaired) electrons. The summed E-state index contributed by atoms with van der Waals surface area (Å²) in [5.74, 6) is -0.421. The second kappa shape index (κ2) is 7.25. The van der Waals surface area contributed by atoms with E-state index in [9.17, 15) is 9.59 Å². The van der Waals surface area contributed by atoms with Crippen molar-refractivity contribution in [2.24, 2.45) is 0 Å². The number of hydrogen-bond donors (Lipinski definition) is 1. The van der Waals surface area contributed by atoms with Crippen molar-refractivity contribution in [3.63, 3.8) is 0 Å². The first-order valence-electron chi connectivity index (χ1n) is 6.09. The van der Waals surface area contributed by atoms with Crippen LogP contribution in [0.1, 0.15) is 41.9 Å². The fraction of sp³-hybridized carbons (Fsp3) is 0.538. The Balaban J connectivity index is 2.99. The van der Waals surface area contributed by atoms with Gasteiger partial charge in [0, 0.05) is 12.0 Å². The van der Waals surface area contributed by atoms with Crippen LogP contribution >= 0.6 is 11.3 Å². The predicted octanol–water partition coefficient (Wildman–Crippen LogP) is 2.63. The van der Waals surface area contributed by atoms with Gasteiger partial charge in [-0.3, -0.25) is 4.79 Å². The molecule has 1 heterocycles. The van der Waals surface area contributed by atoms with E-state index in [4.69, 9.17) is 9.47 Å². The van der Waals surface area contributed by atoms with Crippen LogP contribution in [0.4, 0.5) is 5.00 Å². The Morgan fingerprint density at radius 1 is 1.42 bits per heavy atom. The van der Waals surface area contributed by atoms with Crippen LogP contribution in [0.15, 0.2) is 6.07 Å². The number of nitrogens with one attached hydrogen (secondary N) is 1. The average Bonchev–Trinajstić information content (AvgIpc) is 2.73. The van der Waals surface area contributed by atoms with Gasteiger partial charge in [-0.15, -0.1) is 11.3 Å². The fourth-order valence-corrected chi connectivity index (χ4v) is 2.51. The van der Waals surface area contributed by atoms with Crippen molar-refractivity contribution in [3.8, 4) is 0 Å². The van der Waals surface area contributed by atoms with Gasteiger partial charge in [0.2, 0.25) is 0 Å². The molecule has 1 N–H and O–H groups in total. The molecule has 0 atom stereocenters. The molecule has 0 bridgehead atoms. The van der Waals surface area contributed by atoms with Gasteiger partial charge >= 0.3 is 5.97 Å². The van der Waals surface area contributed by atoms with Crippen LogP contribution < -0.4 is 5.32 Å². The molecule has 5 nitrogen and oxygen atoms in total. The molecule has 1 amide bonds. The van der Waals surface area contributed by atoms with Crippen LogP contribution in [-0.2, 0) is 14.3 Å². The maximum Gasteiger partial charge on any atom is 0.341 e. The van der Waals surface area contributed by atoms with Crippen molar-refractivity contribution in [3.05, 3.63) is 16.5 Å². The smallest absolute Gasteiger partial charge is 0.341 e. The average molecular weight is 285 g/mol. The molecule has 1 aromatic heterocycles. The lowest BCUT2D eigenvalue weighted by atomic mass is 10.1. The lowest BCUT2D eigenvalue weighted by Crippen LogP contribution is -2.18. The largest absolute Gasteiger partial charge is 0.462 e. The molecule has 0 aliphatic heterocycles. The summed E-state index contributed by atoms with van der Waals surface area (Å²) in [5, 5.41) is 3.20. The van der Waals surface area contributed by atoms with E-state index in [2.05, 4.69) is 5.32 Å². The molecular formula is C13H19NO4S. The molecule has 0 spiro atoms. The summed E-state index contributed by atoms with van der Waals surface area (Å²) in [6, 6.07) is 1.77. The summed E-state index contributed by atoms with van der Waals surface area (Å²) in [4.78, 5) is 24.4. The molecule has 6 heteroatoms. The van der Waals surface area contributed by atoms with Gasteiger partial charge < -0.3 is 14.8 Å². The number of amides is 1. The van der Waals surface area contributed by atoms with Gasteiger partial charge in [-0.2, -0.15) is 0 Å². The second-order valence-corrected chi connectivity index (χ2v) is 5.33. The molecule has 0 fully saturated rings. The normalized spacial score (nSPS) is 10.6. The van der Waals surface area contributed by atoms with Crippen LogP contribution in [0.25, 0.3) is 0 Å². The van der Waals surface area contributed by atoms with Gasteiger partial charge in [-0.25, -0.2) is 4.79 Å². The topological polar surface area (TPSA) is 64.6 Å². The molecule has 0 aromatic carbocycles. The highest BCUT2D eigenvalue weighted by Gasteiger charge is 2.20. The SMILES string of the molecule is CCOC(=O)c1cc(C(C)C)sc1NC(=O)COC. The highest BCUT2D eigenvalue weighted by Crippen LogP contribution is 2.33. The zero-order chi connectivity index (χ0) is 14.4. The van der Waals surface area contributed by atoms with Gasteiger partial charge in [-0.05, 0) is 18.9 Å². The Labute approximate surface area is 116 Å². The Hall–Kier alpha value is -1.40.